The van der Waals surface area contributed by atoms with E-state index in [1.165, 1.54) is 23.3 Å². The fourth-order valence-corrected chi connectivity index (χ4v) is 2.15. The molecule has 0 unspecified atom stereocenters. The van der Waals surface area contributed by atoms with Crippen molar-refractivity contribution >= 4 is 17.2 Å². The molecule has 0 radical (unpaired) electrons. The molecule has 0 saturated heterocycles. The number of alkyl halides is 3. The Balaban J connectivity index is 2.43. The lowest BCUT2D eigenvalue weighted by atomic mass is 10.3. The van der Waals surface area contributed by atoms with E-state index in [0.717, 1.165) is 10.4 Å². The monoisotopic (exact) mass is 321 g/mol. The summed E-state index contributed by atoms with van der Waals surface area (Å²) in [6.07, 6.45) is -4.44. The summed E-state index contributed by atoms with van der Waals surface area (Å²) in [4.78, 5) is 13.6. The smallest absolute Gasteiger partial charge is 0.384 e. The number of aliphatic hydroxyl groups excluding tert-OH is 1. The van der Waals surface area contributed by atoms with Crippen molar-refractivity contribution in [3.63, 3.8) is 0 Å². The minimum absolute atomic E-state index is 0.234. The number of carbonyl (C=O) groups is 1. The Labute approximate surface area is 124 Å². The molecule has 1 N–H and O–H groups in total. The van der Waals surface area contributed by atoms with Crippen molar-refractivity contribution in [3.05, 3.63) is 21.9 Å². The highest BCUT2D eigenvalue weighted by atomic mass is 32.1. The highest BCUT2D eigenvalue weighted by Crippen LogP contribution is 2.16. The number of hydrogen-bond acceptors (Lipinski definition) is 4. The van der Waals surface area contributed by atoms with Crippen LogP contribution in [0.15, 0.2) is 11.4 Å². The maximum atomic E-state index is 11.9. The second kappa shape index (κ2) is 8.02. The molecular formula is C13H14F3NO3S. The molecule has 0 bridgehead atoms. The van der Waals surface area contributed by atoms with Gasteiger partial charge in [-0.05, 0) is 17.0 Å². The van der Waals surface area contributed by atoms with E-state index in [0.29, 0.717) is 0 Å². The topological polar surface area (TPSA) is 49.8 Å². The molecule has 1 rings (SSSR count). The van der Waals surface area contributed by atoms with Crippen LogP contribution in [0.3, 0.4) is 0 Å². The summed E-state index contributed by atoms with van der Waals surface area (Å²) in [6, 6.07) is 1.76. The standard InChI is InChI=1S/C13H14F3NO3S/c1-17(12(19)7-20-9-13(14,15)16)6-10-5-11(21-8-10)3-2-4-18/h5,8,18H,4,6-7,9H2,1H3. The van der Waals surface area contributed by atoms with Gasteiger partial charge in [0.25, 0.3) is 0 Å². The molecule has 0 aromatic carbocycles. The average Bonchev–Trinajstić information content (AvgIpc) is 2.82. The zero-order chi connectivity index (χ0) is 15.9. The Morgan fingerprint density at radius 3 is 2.86 bits per heavy atom. The Hall–Kier alpha value is -1.56. The molecule has 1 amide bonds. The highest BCUT2D eigenvalue weighted by Gasteiger charge is 2.28. The van der Waals surface area contributed by atoms with Crippen molar-refractivity contribution in [2.45, 2.75) is 12.7 Å². The van der Waals surface area contributed by atoms with Crippen LogP contribution in [0.25, 0.3) is 0 Å². The number of carbonyl (C=O) groups excluding carboxylic acids is 1. The first-order chi connectivity index (χ1) is 9.81. The molecule has 1 aromatic heterocycles. The number of thiophene rings is 1. The molecule has 1 aromatic rings. The third kappa shape index (κ3) is 7.13. The van der Waals surface area contributed by atoms with E-state index in [2.05, 4.69) is 16.6 Å². The van der Waals surface area contributed by atoms with Crippen LogP contribution in [0.2, 0.25) is 0 Å². The second-order valence-corrected chi connectivity index (χ2v) is 5.05. The maximum absolute atomic E-state index is 11.9. The fourth-order valence-electron chi connectivity index (χ4n) is 1.38. The maximum Gasteiger partial charge on any atom is 0.411 e. The van der Waals surface area contributed by atoms with Gasteiger partial charge in [-0.15, -0.1) is 11.3 Å². The number of aliphatic hydroxyl groups is 1. The number of hydrogen-bond donors (Lipinski definition) is 1. The lowest BCUT2D eigenvalue weighted by Gasteiger charge is -2.16. The number of amides is 1. The summed E-state index contributed by atoms with van der Waals surface area (Å²) in [5.74, 6) is 4.70. The minimum atomic E-state index is -4.44. The van der Waals surface area contributed by atoms with Gasteiger partial charge >= 0.3 is 6.18 Å². The van der Waals surface area contributed by atoms with Gasteiger partial charge in [-0.3, -0.25) is 4.79 Å². The fraction of sp³-hybridized carbons (Fsp3) is 0.462. The van der Waals surface area contributed by atoms with E-state index in [-0.39, 0.29) is 13.2 Å². The van der Waals surface area contributed by atoms with Crippen molar-refractivity contribution in [1.82, 2.24) is 4.90 Å². The van der Waals surface area contributed by atoms with Crippen molar-refractivity contribution in [2.75, 3.05) is 26.9 Å². The van der Waals surface area contributed by atoms with Gasteiger partial charge in [0, 0.05) is 13.6 Å². The van der Waals surface area contributed by atoms with Gasteiger partial charge in [0.05, 0.1) is 4.88 Å². The van der Waals surface area contributed by atoms with Gasteiger partial charge in [0.15, 0.2) is 0 Å². The van der Waals surface area contributed by atoms with Crippen LogP contribution >= 0.6 is 11.3 Å². The molecular weight excluding hydrogens is 307 g/mol. The first-order valence-corrected chi connectivity index (χ1v) is 6.75. The van der Waals surface area contributed by atoms with Crippen LogP contribution in [0.1, 0.15) is 10.4 Å². The summed E-state index contributed by atoms with van der Waals surface area (Å²) in [6.45, 7) is -2.03. The van der Waals surface area contributed by atoms with Gasteiger partial charge in [0.1, 0.15) is 19.8 Å². The first-order valence-electron chi connectivity index (χ1n) is 5.87. The Kier molecular flexibility index (Phi) is 6.68. The third-order valence-electron chi connectivity index (χ3n) is 2.28. The molecule has 0 atom stereocenters. The summed E-state index contributed by atoms with van der Waals surface area (Å²) < 4.78 is 40.0. The molecule has 21 heavy (non-hydrogen) atoms. The molecule has 0 saturated carbocycles. The number of halogens is 3. The van der Waals surface area contributed by atoms with Gasteiger partial charge in [-0.2, -0.15) is 13.2 Å². The van der Waals surface area contributed by atoms with Crippen molar-refractivity contribution in [3.8, 4) is 11.8 Å². The van der Waals surface area contributed by atoms with Crippen molar-refractivity contribution < 1.29 is 27.8 Å². The van der Waals surface area contributed by atoms with Crippen LogP contribution in [-0.2, 0) is 16.1 Å². The molecule has 116 valence electrons. The molecule has 0 aliphatic carbocycles. The van der Waals surface area contributed by atoms with Crippen LogP contribution in [0, 0.1) is 11.8 Å². The Bertz CT molecular complexity index is 531. The number of ether oxygens (including phenoxy) is 1. The Morgan fingerprint density at radius 1 is 1.52 bits per heavy atom. The largest absolute Gasteiger partial charge is 0.411 e. The summed E-state index contributed by atoms with van der Waals surface area (Å²) in [7, 11) is 1.48. The van der Waals surface area contributed by atoms with E-state index in [9.17, 15) is 18.0 Å². The summed E-state index contributed by atoms with van der Waals surface area (Å²) in [5.41, 5.74) is 0.814. The second-order valence-electron chi connectivity index (χ2n) is 4.14. The van der Waals surface area contributed by atoms with Gasteiger partial charge in [-0.1, -0.05) is 11.8 Å². The first kappa shape index (κ1) is 17.5. The van der Waals surface area contributed by atoms with Crippen LogP contribution in [0.4, 0.5) is 13.2 Å². The minimum Gasteiger partial charge on any atom is -0.384 e. The summed E-state index contributed by atoms with van der Waals surface area (Å²) >= 11 is 1.36. The third-order valence-corrected chi connectivity index (χ3v) is 3.18. The predicted molar refractivity (Wildman–Crippen MR) is 71.6 cm³/mol. The summed E-state index contributed by atoms with van der Waals surface area (Å²) in [5, 5.41) is 10.4. The molecule has 0 aliphatic rings. The van der Waals surface area contributed by atoms with E-state index < -0.39 is 25.3 Å². The highest BCUT2D eigenvalue weighted by molar-refractivity contribution is 7.10. The lowest BCUT2D eigenvalue weighted by Crippen LogP contribution is -2.31. The normalized spacial score (nSPS) is 10.9. The average molecular weight is 321 g/mol. The molecule has 0 spiro atoms. The van der Waals surface area contributed by atoms with E-state index in [1.807, 2.05) is 0 Å². The zero-order valence-corrected chi connectivity index (χ0v) is 12.1. The van der Waals surface area contributed by atoms with Crippen LogP contribution in [0.5, 0.6) is 0 Å². The van der Waals surface area contributed by atoms with E-state index in [4.69, 9.17) is 5.11 Å². The van der Waals surface area contributed by atoms with Crippen molar-refractivity contribution in [1.29, 1.82) is 0 Å². The number of likely N-dealkylation sites (N-methyl/N-ethyl adjacent to an activating group) is 1. The van der Waals surface area contributed by atoms with Gasteiger partial charge < -0.3 is 14.7 Å². The lowest BCUT2D eigenvalue weighted by molar-refractivity contribution is -0.177. The zero-order valence-electron chi connectivity index (χ0n) is 11.2. The Morgan fingerprint density at radius 2 is 2.24 bits per heavy atom. The molecule has 4 nitrogen and oxygen atoms in total. The number of rotatable bonds is 5. The predicted octanol–water partition coefficient (Wildman–Crippen LogP) is 1.63. The molecule has 8 heteroatoms. The quantitative estimate of drug-likeness (QED) is 0.839. The van der Waals surface area contributed by atoms with E-state index in [1.54, 1.807) is 11.4 Å². The van der Waals surface area contributed by atoms with Crippen molar-refractivity contribution in [2.24, 2.45) is 0 Å². The molecule has 0 aliphatic heterocycles. The SMILES string of the molecule is CN(Cc1csc(C#CCO)c1)C(=O)COCC(F)(F)F. The van der Waals surface area contributed by atoms with Gasteiger partial charge in [0.2, 0.25) is 5.91 Å². The molecule has 1 heterocycles. The van der Waals surface area contributed by atoms with Gasteiger partial charge in [-0.25, -0.2) is 0 Å². The van der Waals surface area contributed by atoms with E-state index >= 15 is 0 Å². The van der Waals surface area contributed by atoms with Crippen LogP contribution < -0.4 is 0 Å². The van der Waals surface area contributed by atoms with Crippen LogP contribution in [-0.4, -0.2) is 49.0 Å². The molecule has 0 fully saturated rings. The number of nitrogens with zero attached hydrogens (tertiary/aromatic N) is 1.